The summed E-state index contributed by atoms with van der Waals surface area (Å²) < 4.78 is 0. The van der Waals surface area contributed by atoms with Crippen LogP contribution in [-0.2, 0) is 9.59 Å². The Balaban J connectivity index is 2.19. The number of amides is 2. The summed E-state index contributed by atoms with van der Waals surface area (Å²) in [5.41, 5.74) is 10.4. The van der Waals surface area contributed by atoms with Crippen molar-refractivity contribution in [3.05, 3.63) is 29.8 Å². The molecule has 6 nitrogen and oxygen atoms in total. The number of benzene rings is 1. The van der Waals surface area contributed by atoms with E-state index >= 15 is 0 Å². The molecule has 1 saturated carbocycles. The lowest BCUT2D eigenvalue weighted by molar-refractivity contribution is -0.127. The van der Waals surface area contributed by atoms with E-state index in [0.29, 0.717) is 6.42 Å². The highest BCUT2D eigenvalue weighted by atomic mass is 16.3. The van der Waals surface area contributed by atoms with Crippen LogP contribution in [0.25, 0.3) is 0 Å². The molecule has 0 saturated heterocycles. The van der Waals surface area contributed by atoms with Gasteiger partial charge >= 0.3 is 0 Å². The Labute approximate surface area is 104 Å². The van der Waals surface area contributed by atoms with E-state index in [4.69, 9.17) is 11.5 Å². The first-order valence-corrected chi connectivity index (χ1v) is 5.59. The van der Waals surface area contributed by atoms with Gasteiger partial charge in [0.2, 0.25) is 11.8 Å². The number of carbonyl (C=O) groups is 2. The number of rotatable bonds is 4. The molecule has 1 aromatic carbocycles. The van der Waals surface area contributed by atoms with E-state index in [9.17, 15) is 14.7 Å². The van der Waals surface area contributed by atoms with Crippen LogP contribution in [0.2, 0.25) is 0 Å². The Morgan fingerprint density at radius 3 is 2.50 bits per heavy atom. The van der Waals surface area contributed by atoms with Gasteiger partial charge in [-0.3, -0.25) is 9.59 Å². The maximum atomic E-state index is 11.5. The van der Waals surface area contributed by atoms with E-state index in [1.807, 2.05) is 0 Å². The Hall–Kier alpha value is -2.08. The summed E-state index contributed by atoms with van der Waals surface area (Å²) in [4.78, 5) is 22.8. The monoisotopic (exact) mass is 249 g/mol. The molecule has 0 aromatic heterocycles. The molecular weight excluding hydrogens is 234 g/mol. The summed E-state index contributed by atoms with van der Waals surface area (Å²) in [6.07, 6.45) is 0.457. The van der Waals surface area contributed by atoms with E-state index < -0.39 is 17.4 Å². The second kappa shape index (κ2) is 4.30. The van der Waals surface area contributed by atoms with Crippen LogP contribution in [-0.4, -0.2) is 29.0 Å². The highest BCUT2D eigenvalue weighted by Crippen LogP contribution is 2.51. The fourth-order valence-electron chi connectivity index (χ4n) is 2.14. The van der Waals surface area contributed by atoms with Gasteiger partial charge in [-0.05, 0) is 24.1 Å². The first-order chi connectivity index (χ1) is 8.49. The van der Waals surface area contributed by atoms with Crippen LogP contribution in [0.4, 0.5) is 0 Å². The standard InChI is InChI=1S/C12H15N3O3/c13-6-10(17)15-12(11(14)18)5-9(12)7-1-3-8(16)4-2-7/h1-4,9,16H,5-6,13H2,(H2,14,18)(H,15,17). The maximum absolute atomic E-state index is 11.5. The quantitative estimate of drug-likeness (QED) is 0.557. The minimum Gasteiger partial charge on any atom is -0.508 e. The second-order valence-electron chi connectivity index (χ2n) is 4.44. The number of hydrogen-bond donors (Lipinski definition) is 4. The summed E-state index contributed by atoms with van der Waals surface area (Å²) in [7, 11) is 0. The van der Waals surface area contributed by atoms with E-state index in [1.165, 1.54) is 12.1 Å². The molecule has 6 N–H and O–H groups in total. The Morgan fingerprint density at radius 2 is 2.00 bits per heavy atom. The summed E-state index contributed by atoms with van der Waals surface area (Å²) in [6.45, 7) is -0.183. The van der Waals surface area contributed by atoms with Gasteiger partial charge in [0.25, 0.3) is 0 Å². The van der Waals surface area contributed by atoms with Gasteiger partial charge in [-0.15, -0.1) is 0 Å². The Morgan fingerprint density at radius 1 is 1.39 bits per heavy atom. The SMILES string of the molecule is NCC(=O)NC1(C(N)=O)CC1c1ccc(O)cc1. The molecule has 2 amide bonds. The molecule has 1 aromatic rings. The summed E-state index contributed by atoms with van der Waals surface area (Å²) in [6, 6.07) is 6.48. The number of primary amides is 1. The first kappa shape index (κ1) is 12.4. The molecule has 0 radical (unpaired) electrons. The van der Waals surface area contributed by atoms with Crippen LogP contribution < -0.4 is 16.8 Å². The van der Waals surface area contributed by atoms with Crippen LogP contribution in [0.15, 0.2) is 24.3 Å². The lowest BCUT2D eigenvalue weighted by atomic mass is 10.1. The number of aromatic hydroxyl groups is 1. The van der Waals surface area contributed by atoms with E-state index in [2.05, 4.69) is 5.32 Å². The average molecular weight is 249 g/mol. The van der Waals surface area contributed by atoms with Gasteiger partial charge in [0.1, 0.15) is 11.3 Å². The molecule has 1 aliphatic rings. The van der Waals surface area contributed by atoms with Gasteiger partial charge in [-0.25, -0.2) is 0 Å². The van der Waals surface area contributed by atoms with Gasteiger partial charge in [-0.2, -0.15) is 0 Å². The van der Waals surface area contributed by atoms with Gasteiger partial charge in [0.15, 0.2) is 0 Å². The predicted octanol–water partition coefficient (Wildman–Crippen LogP) is -0.821. The fourth-order valence-corrected chi connectivity index (χ4v) is 2.14. The van der Waals surface area contributed by atoms with Gasteiger partial charge < -0.3 is 21.9 Å². The zero-order chi connectivity index (χ0) is 13.3. The number of carbonyl (C=O) groups excluding carboxylic acids is 2. The zero-order valence-electron chi connectivity index (χ0n) is 9.72. The molecule has 1 aliphatic carbocycles. The third-order valence-corrected chi connectivity index (χ3v) is 3.24. The number of hydrogen-bond acceptors (Lipinski definition) is 4. The molecule has 0 aliphatic heterocycles. The fraction of sp³-hybridized carbons (Fsp3) is 0.333. The molecule has 0 spiro atoms. The van der Waals surface area contributed by atoms with Crippen LogP contribution in [0.3, 0.4) is 0 Å². The molecule has 2 rings (SSSR count). The summed E-state index contributed by atoms with van der Waals surface area (Å²) >= 11 is 0. The van der Waals surface area contributed by atoms with Gasteiger partial charge in [0.05, 0.1) is 6.54 Å². The third kappa shape index (κ3) is 2.02. The van der Waals surface area contributed by atoms with Crippen molar-refractivity contribution in [2.75, 3.05) is 6.54 Å². The Kier molecular flexibility index (Phi) is 2.96. The molecule has 6 heteroatoms. The number of phenolic OH excluding ortho intramolecular Hbond substituents is 1. The van der Waals surface area contributed by atoms with E-state index in [0.717, 1.165) is 5.56 Å². The van der Waals surface area contributed by atoms with Gasteiger partial charge in [-0.1, -0.05) is 12.1 Å². The van der Waals surface area contributed by atoms with Crippen molar-refractivity contribution in [1.82, 2.24) is 5.32 Å². The molecule has 0 bridgehead atoms. The lowest BCUT2D eigenvalue weighted by Crippen LogP contribution is -2.50. The minimum atomic E-state index is -1.03. The van der Waals surface area contributed by atoms with Crippen molar-refractivity contribution in [2.45, 2.75) is 17.9 Å². The van der Waals surface area contributed by atoms with Crippen molar-refractivity contribution in [3.63, 3.8) is 0 Å². The van der Waals surface area contributed by atoms with Crippen molar-refractivity contribution in [3.8, 4) is 5.75 Å². The van der Waals surface area contributed by atoms with Crippen molar-refractivity contribution in [2.24, 2.45) is 11.5 Å². The van der Waals surface area contributed by atoms with Crippen LogP contribution in [0, 0.1) is 0 Å². The first-order valence-electron chi connectivity index (χ1n) is 5.59. The minimum absolute atomic E-state index is 0.148. The van der Waals surface area contributed by atoms with Crippen molar-refractivity contribution >= 4 is 11.8 Å². The highest BCUT2D eigenvalue weighted by molar-refractivity contribution is 5.95. The number of nitrogens with two attached hydrogens (primary N) is 2. The largest absolute Gasteiger partial charge is 0.508 e. The smallest absolute Gasteiger partial charge is 0.243 e. The molecule has 1 fully saturated rings. The normalized spacial score (nSPS) is 25.5. The summed E-state index contributed by atoms with van der Waals surface area (Å²) in [5, 5.41) is 11.8. The third-order valence-electron chi connectivity index (χ3n) is 3.24. The average Bonchev–Trinajstić information content (AvgIpc) is 3.06. The molecule has 2 atom stereocenters. The van der Waals surface area contributed by atoms with Gasteiger partial charge in [0, 0.05) is 5.92 Å². The van der Waals surface area contributed by atoms with Crippen LogP contribution in [0.1, 0.15) is 17.9 Å². The highest BCUT2D eigenvalue weighted by Gasteiger charge is 2.60. The molecule has 0 heterocycles. The number of nitrogens with one attached hydrogen (secondary N) is 1. The van der Waals surface area contributed by atoms with Crippen LogP contribution >= 0.6 is 0 Å². The molecular formula is C12H15N3O3. The van der Waals surface area contributed by atoms with E-state index in [-0.39, 0.29) is 18.2 Å². The lowest BCUT2D eigenvalue weighted by Gasteiger charge is -2.15. The molecule has 2 unspecified atom stereocenters. The molecule has 18 heavy (non-hydrogen) atoms. The topological polar surface area (TPSA) is 118 Å². The Bertz CT molecular complexity index is 486. The summed E-state index contributed by atoms with van der Waals surface area (Å²) in [5.74, 6) is -0.987. The van der Waals surface area contributed by atoms with Crippen molar-refractivity contribution in [1.29, 1.82) is 0 Å². The second-order valence-corrected chi connectivity index (χ2v) is 4.44. The van der Waals surface area contributed by atoms with Crippen molar-refractivity contribution < 1.29 is 14.7 Å². The predicted molar refractivity (Wildman–Crippen MR) is 64.6 cm³/mol. The van der Waals surface area contributed by atoms with E-state index in [1.54, 1.807) is 12.1 Å². The zero-order valence-corrected chi connectivity index (χ0v) is 9.72. The number of phenols is 1. The maximum Gasteiger partial charge on any atom is 0.243 e. The molecule has 96 valence electrons. The van der Waals surface area contributed by atoms with Crippen LogP contribution in [0.5, 0.6) is 5.75 Å².